The molecule has 1 rings (SSSR count). The van der Waals surface area contributed by atoms with E-state index in [1.165, 1.54) is 6.92 Å². The molecule has 0 aromatic carbocycles. The monoisotopic (exact) mass is 276 g/mol. The molecule has 0 bridgehead atoms. The molecule has 1 amide bonds. The third-order valence-electron chi connectivity index (χ3n) is 3.72. The minimum Gasteiger partial charge on any atom is -0.342 e. The summed E-state index contributed by atoms with van der Waals surface area (Å²) in [5.74, 6) is 0.402. The van der Waals surface area contributed by atoms with Crippen molar-refractivity contribution in [3.8, 4) is 0 Å². The predicted octanol–water partition coefficient (Wildman–Crippen LogP) is 0.268. The summed E-state index contributed by atoms with van der Waals surface area (Å²) in [4.78, 5) is 13.7. The number of nitrogens with one attached hydrogen (secondary N) is 1. The van der Waals surface area contributed by atoms with Crippen LogP contribution in [-0.4, -0.2) is 57.4 Å². The molecule has 1 N–H and O–H groups in total. The van der Waals surface area contributed by atoms with Gasteiger partial charge in [-0.15, -0.1) is 0 Å². The lowest BCUT2D eigenvalue weighted by Gasteiger charge is -2.33. The van der Waals surface area contributed by atoms with E-state index in [9.17, 15) is 13.2 Å². The van der Waals surface area contributed by atoms with Crippen molar-refractivity contribution in [3.63, 3.8) is 0 Å². The predicted molar refractivity (Wildman–Crippen MR) is 72.2 cm³/mol. The lowest BCUT2D eigenvalue weighted by atomic mass is 9.93. The molecule has 1 saturated heterocycles. The molecule has 106 valence electrons. The Morgan fingerprint density at radius 3 is 2.39 bits per heavy atom. The summed E-state index contributed by atoms with van der Waals surface area (Å²) in [6, 6.07) is 0. The van der Waals surface area contributed by atoms with Gasteiger partial charge in [-0.2, -0.15) is 0 Å². The van der Waals surface area contributed by atoms with Crippen LogP contribution < -0.4 is 5.32 Å². The molecule has 1 atom stereocenters. The Balaban J connectivity index is 2.45. The zero-order valence-corrected chi connectivity index (χ0v) is 12.3. The molecule has 5 nitrogen and oxygen atoms in total. The first-order valence-corrected chi connectivity index (χ1v) is 8.44. The zero-order chi connectivity index (χ0) is 13.8. The smallest absolute Gasteiger partial charge is 0.240 e. The summed E-state index contributed by atoms with van der Waals surface area (Å²) in [5.41, 5.74) is 0. The second-order valence-electron chi connectivity index (χ2n) is 5.13. The standard InChI is InChI=1S/C12H24N2O3S/c1-10(18(3,16)17)12(15)14-8-5-11(6-9-14)4-7-13-2/h10-11,13H,4-9H2,1-3H3. The van der Waals surface area contributed by atoms with Crippen molar-refractivity contribution in [1.82, 2.24) is 10.2 Å². The number of hydrogen-bond acceptors (Lipinski definition) is 4. The largest absolute Gasteiger partial charge is 0.342 e. The van der Waals surface area contributed by atoms with Crippen LogP contribution in [0.3, 0.4) is 0 Å². The van der Waals surface area contributed by atoms with Gasteiger partial charge in [-0.3, -0.25) is 4.79 Å². The number of carbonyl (C=O) groups is 1. The molecule has 6 heteroatoms. The second-order valence-corrected chi connectivity index (χ2v) is 7.50. The Labute approximate surface area is 110 Å². The Hall–Kier alpha value is -0.620. The first-order valence-electron chi connectivity index (χ1n) is 6.48. The molecule has 1 fully saturated rings. The highest BCUT2D eigenvalue weighted by Gasteiger charge is 2.30. The van der Waals surface area contributed by atoms with Gasteiger partial charge in [0.1, 0.15) is 5.25 Å². The molecule has 18 heavy (non-hydrogen) atoms. The van der Waals surface area contributed by atoms with Gasteiger partial charge >= 0.3 is 0 Å². The minimum atomic E-state index is -3.28. The van der Waals surface area contributed by atoms with Crippen LogP contribution in [0, 0.1) is 5.92 Å². The van der Waals surface area contributed by atoms with Gasteiger partial charge in [0.25, 0.3) is 0 Å². The highest BCUT2D eigenvalue weighted by atomic mass is 32.2. The minimum absolute atomic E-state index is 0.246. The topological polar surface area (TPSA) is 66.5 Å². The van der Waals surface area contributed by atoms with Crippen LogP contribution in [0.25, 0.3) is 0 Å². The third-order valence-corrected chi connectivity index (χ3v) is 5.20. The summed E-state index contributed by atoms with van der Waals surface area (Å²) < 4.78 is 22.7. The Morgan fingerprint density at radius 2 is 1.94 bits per heavy atom. The first kappa shape index (κ1) is 15.4. The van der Waals surface area contributed by atoms with Gasteiger partial charge in [0.15, 0.2) is 9.84 Å². The summed E-state index contributed by atoms with van der Waals surface area (Å²) >= 11 is 0. The summed E-state index contributed by atoms with van der Waals surface area (Å²) in [5, 5.41) is 2.22. The first-order chi connectivity index (χ1) is 8.36. The number of sulfone groups is 1. The molecule has 0 saturated carbocycles. The van der Waals surface area contributed by atoms with Crippen molar-refractivity contribution in [1.29, 1.82) is 0 Å². The Kier molecular flexibility index (Phi) is 5.59. The normalized spacial score (nSPS) is 19.8. The Morgan fingerprint density at radius 1 is 1.39 bits per heavy atom. The lowest BCUT2D eigenvalue weighted by Crippen LogP contribution is -2.45. The van der Waals surface area contributed by atoms with Crippen molar-refractivity contribution in [2.45, 2.75) is 31.4 Å². The molecule has 1 unspecified atom stereocenters. The SMILES string of the molecule is CNCCC1CCN(C(=O)C(C)S(C)(=O)=O)CC1. The molecule has 1 aliphatic rings. The zero-order valence-electron chi connectivity index (χ0n) is 11.5. The third kappa shape index (κ3) is 4.24. The molecule has 1 aliphatic heterocycles. The average Bonchev–Trinajstić information content (AvgIpc) is 2.34. The molecular formula is C12H24N2O3S. The second kappa shape index (κ2) is 6.52. The highest BCUT2D eigenvalue weighted by molar-refractivity contribution is 7.92. The van der Waals surface area contributed by atoms with Crippen LogP contribution in [0.15, 0.2) is 0 Å². The van der Waals surface area contributed by atoms with E-state index < -0.39 is 15.1 Å². The molecule has 0 aromatic rings. The van der Waals surface area contributed by atoms with E-state index in [-0.39, 0.29) is 5.91 Å². The number of rotatable bonds is 5. The number of likely N-dealkylation sites (tertiary alicyclic amines) is 1. The molecule has 0 spiro atoms. The molecular weight excluding hydrogens is 252 g/mol. The van der Waals surface area contributed by atoms with Crippen molar-refractivity contribution >= 4 is 15.7 Å². The fourth-order valence-electron chi connectivity index (χ4n) is 2.23. The van der Waals surface area contributed by atoms with Crippen LogP contribution in [0.2, 0.25) is 0 Å². The van der Waals surface area contributed by atoms with E-state index in [4.69, 9.17) is 0 Å². The maximum absolute atomic E-state index is 12.0. The van der Waals surface area contributed by atoms with Gasteiger partial charge in [0.2, 0.25) is 5.91 Å². The maximum Gasteiger partial charge on any atom is 0.240 e. The van der Waals surface area contributed by atoms with Crippen molar-refractivity contribution < 1.29 is 13.2 Å². The lowest BCUT2D eigenvalue weighted by molar-refractivity contribution is -0.131. The highest BCUT2D eigenvalue weighted by Crippen LogP contribution is 2.21. The van der Waals surface area contributed by atoms with E-state index in [2.05, 4.69) is 5.32 Å². The van der Waals surface area contributed by atoms with Crippen LogP contribution in [0.5, 0.6) is 0 Å². The van der Waals surface area contributed by atoms with E-state index in [0.29, 0.717) is 19.0 Å². The fraction of sp³-hybridized carbons (Fsp3) is 0.917. The van der Waals surface area contributed by atoms with Crippen LogP contribution in [0.1, 0.15) is 26.2 Å². The van der Waals surface area contributed by atoms with Gasteiger partial charge in [-0.1, -0.05) is 0 Å². The van der Waals surface area contributed by atoms with Crippen LogP contribution in [0.4, 0.5) is 0 Å². The fourth-order valence-corrected chi connectivity index (χ4v) is 2.75. The summed E-state index contributed by atoms with van der Waals surface area (Å²) in [7, 11) is -1.34. The van der Waals surface area contributed by atoms with E-state index >= 15 is 0 Å². The van der Waals surface area contributed by atoms with Crippen molar-refractivity contribution in [2.75, 3.05) is 32.9 Å². The van der Waals surface area contributed by atoms with Gasteiger partial charge in [-0.25, -0.2) is 8.42 Å². The molecule has 1 heterocycles. The van der Waals surface area contributed by atoms with Gasteiger partial charge in [0, 0.05) is 19.3 Å². The van der Waals surface area contributed by atoms with Gasteiger partial charge in [0.05, 0.1) is 0 Å². The van der Waals surface area contributed by atoms with Crippen LogP contribution >= 0.6 is 0 Å². The van der Waals surface area contributed by atoms with Gasteiger partial charge < -0.3 is 10.2 Å². The summed E-state index contributed by atoms with van der Waals surface area (Å²) in [6.07, 6.45) is 4.20. The maximum atomic E-state index is 12.0. The van der Waals surface area contributed by atoms with Crippen LogP contribution in [-0.2, 0) is 14.6 Å². The molecule has 0 aliphatic carbocycles. The molecule has 0 radical (unpaired) electrons. The van der Waals surface area contributed by atoms with E-state index in [1.54, 1.807) is 4.90 Å². The van der Waals surface area contributed by atoms with Crippen molar-refractivity contribution in [2.24, 2.45) is 5.92 Å². The number of nitrogens with zero attached hydrogens (tertiary/aromatic N) is 1. The molecule has 0 aromatic heterocycles. The van der Waals surface area contributed by atoms with Crippen molar-refractivity contribution in [3.05, 3.63) is 0 Å². The number of hydrogen-bond donors (Lipinski definition) is 1. The van der Waals surface area contributed by atoms with E-state index in [1.807, 2.05) is 7.05 Å². The quantitative estimate of drug-likeness (QED) is 0.782. The van der Waals surface area contributed by atoms with Gasteiger partial charge in [-0.05, 0) is 45.7 Å². The number of carbonyl (C=O) groups excluding carboxylic acids is 1. The van der Waals surface area contributed by atoms with E-state index in [0.717, 1.165) is 32.1 Å². The number of amides is 1. The Bertz CT molecular complexity index is 373. The average molecular weight is 276 g/mol. The summed E-state index contributed by atoms with van der Waals surface area (Å²) in [6.45, 7) is 3.85. The number of piperidine rings is 1.